The van der Waals surface area contributed by atoms with E-state index in [2.05, 4.69) is 22.8 Å². The van der Waals surface area contributed by atoms with Gasteiger partial charge in [0.25, 0.3) is 0 Å². The minimum atomic E-state index is 0.450. The van der Waals surface area contributed by atoms with Crippen LogP contribution in [0.25, 0.3) is 0 Å². The first kappa shape index (κ1) is 14.6. The number of hydrogen-bond donors (Lipinski definition) is 0. The van der Waals surface area contributed by atoms with Gasteiger partial charge in [0.15, 0.2) is 0 Å². The Bertz CT molecular complexity index is 365. The first-order chi connectivity index (χ1) is 9.26. The van der Waals surface area contributed by atoms with Gasteiger partial charge in [0.2, 0.25) is 0 Å². The summed E-state index contributed by atoms with van der Waals surface area (Å²) in [6.07, 6.45) is 12.7. The van der Waals surface area contributed by atoms with Gasteiger partial charge in [-0.1, -0.05) is 25.7 Å². The number of rotatable bonds is 6. The lowest BCUT2D eigenvalue weighted by molar-refractivity contribution is 0.134. The van der Waals surface area contributed by atoms with E-state index in [1.807, 2.05) is 6.20 Å². The zero-order chi connectivity index (χ0) is 13.6. The van der Waals surface area contributed by atoms with Crippen molar-refractivity contribution in [2.45, 2.75) is 64.8 Å². The molecule has 19 heavy (non-hydrogen) atoms. The van der Waals surface area contributed by atoms with Crippen LogP contribution < -0.4 is 0 Å². The fourth-order valence-electron chi connectivity index (χ4n) is 3.44. The van der Waals surface area contributed by atoms with Gasteiger partial charge in [-0.2, -0.15) is 5.10 Å². The third kappa shape index (κ3) is 4.07. The van der Waals surface area contributed by atoms with Crippen molar-refractivity contribution in [3.8, 4) is 0 Å². The molecule has 1 saturated carbocycles. The van der Waals surface area contributed by atoms with Gasteiger partial charge in [-0.15, -0.1) is 0 Å². The molecule has 0 saturated heterocycles. The van der Waals surface area contributed by atoms with E-state index in [1.54, 1.807) is 7.11 Å². The molecule has 1 aliphatic carbocycles. The molecule has 1 fully saturated rings. The summed E-state index contributed by atoms with van der Waals surface area (Å²) in [5.41, 5.74) is 1.74. The second-order valence-corrected chi connectivity index (χ2v) is 6.14. The molecule has 0 atom stereocenters. The van der Waals surface area contributed by atoms with Crippen LogP contribution in [0, 0.1) is 12.3 Å². The third-order valence-electron chi connectivity index (χ3n) is 4.63. The second kappa shape index (κ2) is 7.09. The number of hydrogen-bond acceptors (Lipinski definition) is 2. The van der Waals surface area contributed by atoms with Gasteiger partial charge in [0.1, 0.15) is 0 Å². The van der Waals surface area contributed by atoms with E-state index in [1.165, 1.54) is 57.1 Å². The normalized spacial score (nSPS) is 19.3. The second-order valence-electron chi connectivity index (χ2n) is 6.14. The van der Waals surface area contributed by atoms with Gasteiger partial charge >= 0.3 is 0 Å². The first-order valence-electron chi connectivity index (χ1n) is 7.73. The summed E-state index contributed by atoms with van der Waals surface area (Å²) in [5, 5.41) is 4.50. The average molecular weight is 264 g/mol. The van der Waals surface area contributed by atoms with Crippen LogP contribution in [0.1, 0.15) is 57.1 Å². The summed E-state index contributed by atoms with van der Waals surface area (Å²) in [6.45, 7) is 4.14. The highest BCUT2D eigenvalue weighted by molar-refractivity contribution is 4.98. The molecular weight excluding hydrogens is 236 g/mol. The van der Waals surface area contributed by atoms with E-state index in [4.69, 9.17) is 4.74 Å². The molecule has 0 aliphatic heterocycles. The highest BCUT2D eigenvalue weighted by Crippen LogP contribution is 2.40. The molecule has 1 aliphatic rings. The lowest BCUT2D eigenvalue weighted by Crippen LogP contribution is -2.28. The van der Waals surface area contributed by atoms with E-state index in [9.17, 15) is 0 Å². The van der Waals surface area contributed by atoms with Crippen LogP contribution in [0.4, 0.5) is 0 Å². The lowest BCUT2D eigenvalue weighted by atomic mass is 9.76. The van der Waals surface area contributed by atoms with Gasteiger partial charge in [-0.3, -0.25) is 4.68 Å². The average Bonchev–Trinajstić information content (AvgIpc) is 2.66. The topological polar surface area (TPSA) is 27.1 Å². The van der Waals surface area contributed by atoms with Crippen molar-refractivity contribution in [2.75, 3.05) is 13.7 Å². The quantitative estimate of drug-likeness (QED) is 0.574. The maximum absolute atomic E-state index is 5.25. The number of nitrogens with zero attached hydrogens (tertiary/aromatic N) is 2. The predicted octanol–water partition coefficient (Wildman–Crippen LogP) is 3.96. The first-order valence-corrected chi connectivity index (χ1v) is 7.73. The van der Waals surface area contributed by atoms with E-state index in [0.717, 1.165) is 13.2 Å². The van der Waals surface area contributed by atoms with Crippen LogP contribution in [0.5, 0.6) is 0 Å². The van der Waals surface area contributed by atoms with Crippen LogP contribution in [-0.2, 0) is 11.3 Å². The van der Waals surface area contributed by atoms with Crippen LogP contribution in [0.15, 0.2) is 12.3 Å². The molecule has 0 aromatic carbocycles. The summed E-state index contributed by atoms with van der Waals surface area (Å²) in [4.78, 5) is 0. The molecule has 0 amide bonds. The molecule has 108 valence electrons. The highest BCUT2D eigenvalue weighted by Gasteiger charge is 2.31. The zero-order valence-corrected chi connectivity index (χ0v) is 12.5. The molecule has 3 nitrogen and oxygen atoms in total. The molecule has 3 heteroatoms. The summed E-state index contributed by atoms with van der Waals surface area (Å²) in [7, 11) is 1.80. The van der Waals surface area contributed by atoms with Crippen LogP contribution in [0.3, 0.4) is 0 Å². The van der Waals surface area contributed by atoms with Crippen LogP contribution >= 0.6 is 0 Å². The third-order valence-corrected chi connectivity index (χ3v) is 4.63. The number of methoxy groups -OCH3 is 1. The number of ether oxygens (including phenoxy) is 1. The van der Waals surface area contributed by atoms with Gasteiger partial charge < -0.3 is 4.74 Å². The van der Waals surface area contributed by atoms with Crippen molar-refractivity contribution < 1.29 is 4.74 Å². The van der Waals surface area contributed by atoms with E-state index >= 15 is 0 Å². The molecule has 0 unspecified atom stereocenters. The number of aromatic nitrogens is 2. The molecular formula is C16H28N2O. The predicted molar refractivity (Wildman–Crippen MR) is 78.2 cm³/mol. The molecule has 1 aromatic rings. The Balaban J connectivity index is 2.05. The molecule has 2 rings (SSSR count). The SMILES string of the molecule is COCCCC1(Cn2nccc2C)CCCCCC1. The Hall–Kier alpha value is -0.830. The molecule has 1 heterocycles. The summed E-state index contributed by atoms with van der Waals surface area (Å²) in [6, 6.07) is 2.11. The smallest absolute Gasteiger partial charge is 0.0492 e. The maximum Gasteiger partial charge on any atom is 0.0492 e. The van der Waals surface area contributed by atoms with Crippen LogP contribution in [-0.4, -0.2) is 23.5 Å². The lowest BCUT2D eigenvalue weighted by Gasteiger charge is -2.33. The summed E-state index contributed by atoms with van der Waals surface area (Å²) >= 11 is 0. The van der Waals surface area contributed by atoms with Gasteiger partial charge in [-0.05, 0) is 44.1 Å². The Labute approximate surface area is 117 Å². The standard InChI is InChI=1S/C16H28N2O/c1-15-8-12-17-18(15)14-16(11-7-13-19-2)9-5-3-4-6-10-16/h8,12H,3-7,9-11,13-14H2,1-2H3. The van der Waals surface area contributed by atoms with Crippen molar-refractivity contribution in [3.05, 3.63) is 18.0 Å². The minimum absolute atomic E-state index is 0.450. The van der Waals surface area contributed by atoms with Crippen LogP contribution in [0.2, 0.25) is 0 Å². The Kier molecular flexibility index (Phi) is 5.44. The molecule has 0 radical (unpaired) electrons. The maximum atomic E-state index is 5.25. The van der Waals surface area contributed by atoms with Crippen molar-refractivity contribution in [3.63, 3.8) is 0 Å². The fourth-order valence-corrected chi connectivity index (χ4v) is 3.44. The van der Waals surface area contributed by atoms with Gasteiger partial charge in [-0.25, -0.2) is 0 Å². The monoisotopic (exact) mass is 264 g/mol. The van der Waals surface area contributed by atoms with Crippen molar-refractivity contribution in [1.29, 1.82) is 0 Å². The van der Waals surface area contributed by atoms with Crippen molar-refractivity contribution >= 4 is 0 Å². The largest absolute Gasteiger partial charge is 0.385 e. The van der Waals surface area contributed by atoms with Gasteiger partial charge in [0.05, 0.1) is 0 Å². The highest BCUT2D eigenvalue weighted by atomic mass is 16.5. The molecule has 0 spiro atoms. The summed E-state index contributed by atoms with van der Waals surface area (Å²) < 4.78 is 7.45. The summed E-state index contributed by atoms with van der Waals surface area (Å²) in [5.74, 6) is 0. The Morgan fingerprint density at radius 1 is 1.26 bits per heavy atom. The zero-order valence-electron chi connectivity index (χ0n) is 12.5. The van der Waals surface area contributed by atoms with Gasteiger partial charge in [0, 0.05) is 32.2 Å². The number of aryl methyl sites for hydroxylation is 1. The van der Waals surface area contributed by atoms with E-state index in [0.29, 0.717) is 5.41 Å². The fraction of sp³-hybridized carbons (Fsp3) is 0.812. The Morgan fingerprint density at radius 3 is 2.58 bits per heavy atom. The minimum Gasteiger partial charge on any atom is -0.385 e. The molecule has 0 N–H and O–H groups in total. The molecule has 1 aromatic heterocycles. The van der Waals surface area contributed by atoms with Crippen molar-refractivity contribution in [1.82, 2.24) is 9.78 Å². The molecule has 0 bridgehead atoms. The van der Waals surface area contributed by atoms with E-state index < -0.39 is 0 Å². The van der Waals surface area contributed by atoms with E-state index in [-0.39, 0.29) is 0 Å². The van der Waals surface area contributed by atoms with Crippen molar-refractivity contribution in [2.24, 2.45) is 5.41 Å². The Morgan fingerprint density at radius 2 is 2.00 bits per heavy atom.